The summed E-state index contributed by atoms with van der Waals surface area (Å²) in [6, 6.07) is 3.30. The minimum Gasteiger partial charge on any atom is -0.345 e. The van der Waals surface area contributed by atoms with Gasteiger partial charge in [-0.2, -0.15) is 13.2 Å². The van der Waals surface area contributed by atoms with E-state index in [1.54, 1.807) is 12.1 Å². The predicted molar refractivity (Wildman–Crippen MR) is 145 cm³/mol. The lowest BCUT2D eigenvalue weighted by Crippen LogP contribution is -2.53. The van der Waals surface area contributed by atoms with Gasteiger partial charge in [-0.3, -0.25) is 19.2 Å². The monoisotopic (exact) mass is 571 g/mol. The van der Waals surface area contributed by atoms with Crippen LogP contribution in [0.25, 0.3) is 0 Å². The van der Waals surface area contributed by atoms with Gasteiger partial charge in [0.05, 0.1) is 12.6 Å². The Morgan fingerprint density at radius 3 is 2.18 bits per heavy atom. The first-order valence-electron chi connectivity index (χ1n) is 12.7. The van der Waals surface area contributed by atoms with Crippen LogP contribution in [0.5, 0.6) is 0 Å². The van der Waals surface area contributed by atoms with E-state index in [9.17, 15) is 32.3 Å². The van der Waals surface area contributed by atoms with Gasteiger partial charge in [0.25, 0.3) is 11.7 Å². The van der Waals surface area contributed by atoms with E-state index >= 15 is 0 Å². The van der Waals surface area contributed by atoms with Crippen molar-refractivity contribution in [2.24, 2.45) is 11.8 Å². The molecule has 39 heavy (non-hydrogen) atoms. The highest BCUT2D eigenvalue weighted by molar-refractivity contribution is 6.31. The average Bonchev–Trinajstić information content (AvgIpc) is 2.84. The van der Waals surface area contributed by atoms with E-state index in [1.807, 2.05) is 23.5 Å². The van der Waals surface area contributed by atoms with E-state index in [4.69, 9.17) is 11.6 Å². The predicted octanol–water partition coefficient (Wildman–Crippen LogP) is 5.16. The van der Waals surface area contributed by atoms with Crippen molar-refractivity contribution in [3.05, 3.63) is 58.7 Å². The van der Waals surface area contributed by atoms with Crippen LogP contribution >= 0.6 is 11.6 Å². The molecule has 0 aromatic heterocycles. The first-order valence-corrected chi connectivity index (χ1v) is 13.1. The van der Waals surface area contributed by atoms with Crippen molar-refractivity contribution >= 4 is 35.1 Å². The molecule has 1 aromatic rings. The Balaban J connectivity index is 0.00000177. The van der Waals surface area contributed by atoms with E-state index < -0.39 is 54.2 Å². The number of ketones is 1. The number of amides is 3. The molecule has 0 heterocycles. The first kappa shape index (κ1) is 33.9. The van der Waals surface area contributed by atoms with Gasteiger partial charge < -0.3 is 16.0 Å². The Labute approximate surface area is 232 Å². The molecule has 1 aliphatic carbocycles. The van der Waals surface area contributed by atoms with Crippen LogP contribution in [0.4, 0.5) is 13.2 Å². The summed E-state index contributed by atoms with van der Waals surface area (Å²) < 4.78 is 38.4. The molecule has 2 atom stereocenters. The molecule has 2 unspecified atom stereocenters. The van der Waals surface area contributed by atoms with Crippen LogP contribution in [-0.2, 0) is 14.4 Å². The van der Waals surface area contributed by atoms with Crippen molar-refractivity contribution in [1.82, 2.24) is 16.0 Å². The van der Waals surface area contributed by atoms with Gasteiger partial charge in [0.2, 0.25) is 11.8 Å². The number of benzene rings is 1. The topological polar surface area (TPSA) is 104 Å². The summed E-state index contributed by atoms with van der Waals surface area (Å²) in [5, 5.41) is 7.31. The fraction of sp³-hybridized carbons (Fsp3) is 0.500. The van der Waals surface area contributed by atoms with E-state index in [0.717, 1.165) is 17.9 Å². The summed E-state index contributed by atoms with van der Waals surface area (Å²) in [6.07, 6.45) is 2.15. The molecule has 216 valence electrons. The second-order valence-corrected chi connectivity index (χ2v) is 10.6. The van der Waals surface area contributed by atoms with Gasteiger partial charge in [0.15, 0.2) is 0 Å². The molecule has 2 rings (SSSR count). The SMILES string of the molecule is CC(C)C.CC(C)C(NC(=O)CNC(=O)C(CC1=CC=CCC1)NC(=O)c1cccc(Cl)c1)C(=O)C(F)(F)F. The second-order valence-electron chi connectivity index (χ2n) is 10.1. The minimum absolute atomic E-state index is 0.172. The summed E-state index contributed by atoms with van der Waals surface area (Å²) in [6.45, 7) is 8.55. The molecular weight excluding hydrogens is 535 g/mol. The summed E-state index contributed by atoms with van der Waals surface area (Å²) in [7, 11) is 0. The maximum absolute atomic E-state index is 12.8. The highest BCUT2D eigenvalue weighted by Gasteiger charge is 2.45. The van der Waals surface area contributed by atoms with Crippen LogP contribution < -0.4 is 16.0 Å². The quantitative estimate of drug-likeness (QED) is 0.361. The number of hydrogen-bond acceptors (Lipinski definition) is 4. The van der Waals surface area contributed by atoms with Crippen molar-refractivity contribution in [2.45, 2.75) is 72.1 Å². The number of allylic oxidation sites excluding steroid dienone is 3. The molecule has 3 amide bonds. The molecule has 0 spiro atoms. The number of Topliss-reactive ketones (excluding diaryl/α,β-unsaturated/α-hetero) is 1. The Hall–Kier alpha value is -3.14. The zero-order chi connectivity index (χ0) is 29.8. The Morgan fingerprint density at radius 2 is 1.67 bits per heavy atom. The lowest BCUT2D eigenvalue weighted by Gasteiger charge is -2.23. The van der Waals surface area contributed by atoms with Crippen LogP contribution in [0, 0.1) is 11.8 Å². The van der Waals surface area contributed by atoms with Crippen molar-refractivity contribution in [2.75, 3.05) is 6.54 Å². The van der Waals surface area contributed by atoms with E-state index in [2.05, 4.69) is 31.4 Å². The number of hydrogen-bond donors (Lipinski definition) is 3. The van der Waals surface area contributed by atoms with E-state index in [1.165, 1.54) is 26.0 Å². The van der Waals surface area contributed by atoms with Gasteiger partial charge in [-0.1, -0.05) is 76.1 Å². The zero-order valence-electron chi connectivity index (χ0n) is 22.8. The first-order chi connectivity index (χ1) is 18.1. The maximum atomic E-state index is 12.8. The third-order valence-corrected chi connectivity index (χ3v) is 5.48. The van der Waals surface area contributed by atoms with Gasteiger partial charge in [-0.05, 0) is 49.3 Å². The third kappa shape index (κ3) is 13.0. The lowest BCUT2D eigenvalue weighted by molar-refractivity contribution is -0.174. The highest BCUT2D eigenvalue weighted by Crippen LogP contribution is 2.21. The summed E-state index contributed by atoms with van der Waals surface area (Å²) in [4.78, 5) is 49.3. The molecule has 0 radical (unpaired) electrons. The van der Waals surface area contributed by atoms with Crippen molar-refractivity contribution in [3.8, 4) is 0 Å². The van der Waals surface area contributed by atoms with Crippen LogP contribution in [0.1, 0.15) is 64.2 Å². The van der Waals surface area contributed by atoms with Crippen molar-refractivity contribution in [3.63, 3.8) is 0 Å². The largest absolute Gasteiger partial charge is 0.452 e. The van der Waals surface area contributed by atoms with Gasteiger partial charge in [-0.15, -0.1) is 0 Å². The summed E-state index contributed by atoms with van der Waals surface area (Å²) >= 11 is 5.93. The average molecular weight is 572 g/mol. The molecule has 0 saturated heterocycles. The van der Waals surface area contributed by atoms with Crippen LogP contribution in [-0.4, -0.2) is 48.3 Å². The zero-order valence-corrected chi connectivity index (χ0v) is 23.6. The molecule has 0 aliphatic heterocycles. The summed E-state index contributed by atoms with van der Waals surface area (Å²) in [5.41, 5.74) is 1.13. The molecular formula is C28H37ClF3N3O4. The Kier molecular flexibility index (Phi) is 14.0. The summed E-state index contributed by atoms with van der Waals surface area (Å²) in [5.74, 6) is -4.28. The van der Waals surface area contributed by atoms with Crippen LogP contribution in [0.2, 0.25) is 5.02 Å². The molecule has 1 aromatic carbocycles. The number of rotatable bonds is 10. The smallest absolute Gasteiger partial charge is 0.345 e. The van der Waals surface area contributed by atoms with Gasteiger partial charge in [0.1, 0.15) is 6.04 Å². The van der Waals surface area contributed by atoms with Crippen molar-refractivity contribution < 1.29 is 32.3 Å². The molecule has 3 N–H and O–H groups in total. The number of carbonyl (C=O) groups is 4. The molecule has 1 aliphatic rings. The minimum atomic E-state index is -5.11. The number of carbonyl (C=O) groups excluding carboxylic acids is 4. The van der Waals surface area contributed by atoms with E-state index in [-0.39, 0.29) is 12.0 Å². The maximum Gasteiger partial charge on any atom is 0.452 e. The number of alkyl halides is 3. The van der Waals surface area contributed by atoms with E-state index in [0.29, 0.717) is 11.4 Å². The van der Waals surface area contributed by atoms with Gasteiger partial charge in [0, 0.05) is 10.6 Å². The number of halogens is 4. The number of nitrogens with one attached hydrogen (secondary N) is 3. The fourth-order valence-corrected chi connectivity index (χ4v) is 3.58. The fourth-order valence-electron chi connectivity index (χ4n) is 3.39. The normalized spacial score (nSPS) is 14.5. The van der Waals surface area contributed by atoms with Gasteiger partial charge in [-0.25, -0.2) is 0 Å². The van der Waals surface area contributed by atoms with Crippen LogP contribution in [0.3, 0.4) is 0 Å². The molecule has 7 nitrogen and oxygen atoms in total. The second kappa shape index (κ2) is 16.1. The third-order valence-electron chi connectivity index (χ3n) is 5.24. The van der Waals surface area contributed by atoms with Crippen LogP contribution in [0.15, 0.2) is 48.1 Å². The highest BCUT2D eigenvalue weighted by atomic mass is 35.5. The van der Waals surface area contributed by atoms with Crippen molar-refractivity contribution in [1.29, 1.82) is 0 Å². The Bertz CT molecular complexity index is 1070. The molecule has 0 saturated carbocycles. The lowest BCUT2D eigenvalue weighted by atomic mass is 9.97. The molecule has 0 fully saturated rings. The Morgan fingerprint density at radius 1 is 1.03 bits per heavy atom. The molecule has 11 heteroatoms. The van der Waals surface area contributed by atoms with Gasteiger partial charge >= 0.3 is 6.18 Å². The standard InChI is InChI=1S/C24H27ClF3N3O4.C4H10/c1-14(2)20(21(33)24(26,27)28)31-19(32)13-29-23(35)18(11-15-7-4-3-5-8-15)30-22(34)16-9-6-10-17(25)12-16;1-4(2)3/h3-4,6-7,9-10,12,14,18,20H,5,8,11,13H2,1-2H3,(H,29,35)(H,30,34)(H,31,32);4H,1-3H3. The molecule has 0 bridgehead atoms.